The second-order valence-electron chi connectivity index (χ2n) is 10.4. The van der Waals surface area contributed by atoms with Gasteiger partial charge in [0.25, 0.3) is 5.91 Å². The van der Waals surface area contributed by atoms with E-state index in [1.807, 2.05) is 23.7 Å². The predicted octanol–water partition coefficient (Wildman–Crippen LogP) is 2.16. The van der Waals surface area contributed by atoms with Gasteiger partial charge in [0, 0.05) is 32.7 Å². The second kappa shape index (κ2) is 8.83. The fraction of sp³-hybridized carbons (Fsp3) is 0.625. The third-order valence-electron chi connectivity index (χ3n) is 6.26. The van der Waals surface area contributed by atoms with Crippen LogP contribution in [0.15, 0.2) is 23.0 Å². The third kappa shape index (κ3) is 4.81. The number of likely N-dealkylation sites (N-methyl/N-ethyl adjacent to an activating group) is 1. The molecule has 0 saturated carbocycles. The van der Waals surface area contributed by atoms with Crippen molar-refractivity contribution in [2.45, 2.75) is 58.7 Å². The molecule has 1 saturated heterocycles. The highest BCUT2D eigenvalue weighted by Crippen LogP contribution is 2.28. The largest absolute Gasteiger partial charge is 0.366 e. The van der Waals surface area contributed by atoms with Gasteiger partial charge in [0.2, 0.25) is 0 Å². The minimum absolute atomic E-state index is 0.000205. The number of rotatable bonds is 4. The summed E-state index contributed by atoms with van der Waals surface area (Å²) in [5.74, 6) is -0.0202. The summed E-state index contributed by atoms with van der Waals surface area (Å²) in [4.78, 5) is 32.3. The Morgan fingerprint density at radius 3 is 2.72 bits per heavy atom. The molecule has 2 atom stereocenters. The van der Waals surface area contributed by atoms with Gasteiger partial charge in [-0.2, -0.15) is 0 Å². The SMILES string of the molecule is CN1CCOC(C(=O)NC2CC=C(c3ccc4c(n3)n(C)c(=O)n4CC(C)(C)C)CC2)C1. The molecule has 2 unspecified atom stereocenters. The van der Waals surface area contributed by atoms with Crippen LogP contribution in [0.25, 0.3) is 16.7 Å². The van der Waals surface area contributed by atoms with E-state index < -0.39 is 0 Å². The molecular formula is C24H35N5O3. The number of carbonyl (C=O) groups excluding carboxylic acids is 1. The number of nitrogens with zero attached hydrogens (tertiary/aromatic N) is 4. The fourth-order valence-electron chi connectivity index (χ4n) is 4.51. The van der Waals surface area contributed by atoms with Crippen molar-refractivity contribution < 1.29 is 9.53 Å². The summed E-state index contributed by atoms with van der Waals surface area (Å²) in [6, 6.07) is 4.14. The number of morpholine rings is 1. The van der Waals surface area contributed by atoms with Crippen LogP contribution >= 0.6 is 0 Å². The van der Waals surface area contributed by atoms with E-state index in [2.05, 4.69) is 37.1 Å². The van der Waals surface area contributed by atoms with Crippen LogP contribution in [0, 0.1) is 5.41 Å². The van der Waals surface area contributed by atoms with Crippen molar-refractivity contribution in [3.63, 3.8) is 0 Å². The topological polar surface area (TPSA) is 81.4 Å². The van der Waals surface area contributed by atoms with E-state index in [0.717, 1.165) is 37.0 Å². The summed E-state index contributed by atoms with van der Waals surface area (Å²) < 4.78 is 9.08. The van der Waals surface area contributed by atoms with E-state index >= 15 is 0 Å². The van der Waals surface area contributed by atoms with E-state index in [1.165, 1.54) is 5.57 Å². The monoisotopic (exact) mass is 441 g/mol. The maximum absolute atomic E-state index is 12.8. The molecule has 1 aliphatic carbocycles. The molecule has 1 fully saturated rings. The van der Waals surface area contributed by atoms with Crippen LogP contribution in [0.3, 0.4) is 0 Å². The number of hydrogen-bond acceptors (Lipinski definition) is 5. The highest BCUT2D eigenvalue weighted by molar-refractivity contribution is 5.81. The van der Waals surface area contributed by atoms with E-state index in [0.29, 0.717) is 25.3 Å². The second-order valence-corrected chi connectivity index (χ2v) is 10.4. The maximum atomic E-state index is 12.8. The molecule has 0 aromatic carbocycles. The number of nitrogens with one attached hydrogen (secondary N) is 1. The van der Waals surface area contributed by atoms with Crippen molar-refractivity contribution >= 4 is 22.6 Å². The molecule has 2 aromatic rings. The Hall–Kier alpha value is -2.45. The lowest BCUT2D eigenvalue weighted by molar-refractivity contribution is -0.138. The molecule has 4 rings (SSSR count). The minimum Gasteiger partial charge on any atom is -0.366 e. The average Bonchev–Trinajstić information content (AvgIpc) is 2.97. The lowest BCUT2D eigenvalue weighted by atomic mass is 9.92. The van der Waals surface area contributed by atoms with Crippen LogP contribution in [0.5, 0.6) is 0 Å². The lowest BCUT2D eigenvalue weighted by Gasteiger charge is -2.31. The number of imidazole rings is 1. The first-order valence-corrected chi connectivity index (χ1v) is 11.5. The van der Waals surface area contributed by atoms with Gasteiger partial charge in [-0.3, -0.25) is 13.9 Å². The Morgan fingerprint density at radius 1 is 1.28 bits per heavy atom. The molecule has 8 nitrogen and oxygen atoms in total. The molecule has 32 heavy (non-hydrogen) atoms. The van der Waals surface area contributed by atoms with Crippen molar-refractivity contribution in [1.29, 1.82) is 0 Å². The molecule has 1 amide bonds. The zero-order valence-corrected chi connectivity index (χ0v) is 19.9. The van der Waals surface area contributed by atoms with Crippen molar-refractivity contribution in [2.24, 2.45) is 12.5 Å². The highest BCUT2D eigenvalue weighted by atomic mass is 16.5. The number of allylic oxidation sites excluding steroid dienone is 1. The van der Waals surface area contributed by atoms with E-state index in [4.69, 9.17) is 9.72 Å². The van der Waals surface area contributed by atoms with Crippen LogP contribution < -0.4 is 11.0 Å². The van der Waals surface area contributed by atoms with Gasteiger partial charge >= 0.3 is 5.69 Å². The van der Waals surface area contributed by atoms with Crippen LogP contribution in [0.4, 0.5) is 0 Å². The van der Waals surface area contributed by atoms with Crippen LogP contribution in [-0.4, -0.2) is 63.8 Å². The Balaban J connectivity index is 1.47. The number of pyridine rings is 1. The Kier molecular flexibility index (Phi) is 6.27. The summed E-state index contributed by atoms with van der Waals surface area (Å²) in [6.07, 6.45) is 4.25. The Bertz CT molecular complexity index is 1090. The molecule has 1 aliphatic heterocycles. The minimum atomic E-state index is -0.387. The quantitative estimate of drug-likeness (QED) is 0.786. The summed E-state index contributed by atoms with van der Waals surface area (Å²) in [6.45, 7) is 9.12. The zero-order chi connectivity index (χ0) is 23.0. The number of fused-ring (bicyclic) bond motifs is 1. The van der Waals surface area contributed by atoms with Gasteiger partial charge in [-0.1, -0.05) is 26.8 Å². The first kappa shape index (κ1) is 22.7. The third-order valence-corrected chi connectivity index (χ3v) is 6.26. The molecule has 0 spiro atoms. The normalized spacial score (nSPS) is 22.7. The van der Waals surface area contributed by atoms with Gasteiger partial charge in [-0.25, -0.2) is 9.78 Å². The number of carbonyl (C=O) groups is 1. The van der Waals surface area contributed by atoms with Gasteiger partial charge in [-0.05, 0) is 49.4 Å². The number of ether oxygens (including phenoxy) is 1. The highest BCUT2D eigenvalue weighted by Gasteiger charge is 2.27. The van der Waals surface area contributed by atoms with Gasteiger partial charge in [-0.15, -0.1) is 0 Å². The molecule has 8 heteroatoms. The first-order chi connectivity index (χ1) is 15.1. The Labute approximate surface area is 189 Å². The average molecular weight is 442 g/mol. The molecule has 2 aliphatic rings. The molecule has 0 bridgehead atoms. The zero-order valence-electron chi connectivity index (χ0n) is 19.9. The van der Waals surface area contributed by atoms with Gasteiger partial charge in [0.15, 0.2) is 5.65 Å². The summed E-state index contributed by atoms with van der Waals surface area (Å²) in [5, 5.41) is 3.15. The van der Waals surface area contributed by atoms with Crippen molar-refractivity contribution in [1.82, 2.24) is 24.3 Å². The molecule has 0 radical (unpaired) electrons. The number of hydrogen-bond donors (Lipinski definition) is 1. The molecule has 3 heterocycles. The van der Waals surface area contributed by atoms with Crippen molar-refractivity contribution in [3.8, 4) is 0 Å². The first-order valence-electron chi connectivity index (χ1n) is 11.5. The van der Waals surface area contributed by atoms with Crippen molar-refractivity contribution in [2.75, 3.05) is 26.7 Å². The smallest absolute Gasteiger partial charge is 0.330 e. The molecule has 1 N–H and O–H groups in total. The molecule has 2 aromatic heterocycles. The molecular weight excluding hydrogens is 406 g/mol. The lowest BCUT2D eigenvalue weighted by Crippen LogP contribution is -2.50. The van der Waals surface area contributed by atoms with E-state index in [-0.39, 0.29) is 29.2 Å². The molecule has 174 valence electrons. The number of aromatic nitrogens is 3. The van der Waals surface area contributed by atoms with E-state index in [1.54, 1.807) is 11.6 Å². The number of aryl methyl sites for hydroxylation is 1. The van der Waals surface area contributed by atoms with Crippen LogP contribution in [-0.2, 0) is 23.1 Å². The van der Waals surface area contributed by atoms with Gasteiger partial charge in [0.05, 0.1) is 17.8 Å². The van der Waals surface area contributed by atoms with Gasteiger partial charge in [0.1, 0.15) is 6.10 Å². The number of amides is 1. The summed E-state index contributed by atoms with van der Waals surface area (Å²) >= 11 is 0. The fourth-order valence-corrected chi connectivity index (χ4v) is 4.51. The van der Waals surface area contributed by atoms with E-state index in [9.17, 15) is 9.59 Å². The van der Waals surface area contributed by atoms with Crippen molar-refractivity contribution in [3.05, 3.63) is 34.4 Å². The summed E-state index contributed by atoms with van der Waals surface area (Å²) in [5.41, 5.74) is 3.63. The predicted molar refractivity (Wildman–Crippen MR) is 125 cm³/mol. The Morgan fingerprint density at radius 2 is 2.06 bits per heavy atom. The van der Waals surface area contributed by atoms with Crippen LogP contribution in [0.1, 0.15) is 45.7 Å². The van der Waals surface area contributed by atoms with Gasteiger partial charge < -0.3 is 15.0 Å². The maximum Gasteiger partial charge on any atom is 0.330 e. The standard InChI is InChI=1S/C24H35N5O3/c1-24(2,3)15-29-19-11-10-18(26-21(19)28(5)23(29)31)16-6-8-17(9-7-16)25-22(30)20-14-27(4)12-13-32-20/h6,10-11,17,20H,7-9,12-15H2,1-5H3,(H,25,30). The summed E-state index contributed by atoms with van der Waals surface area (Å²) in [7, 11) is 3.79. The van der Waals surface area contributed by atoms with Crippen LogP contribution in [0.2, 0.25) is 0 Å².